The van der Waals surface area contributed by atoms with Crippen LogP contribution in [0.15, 0.2) is 48.6 Å². The maximum atomic E-state index is 12.7. The third-order valence-electron chi connectivity index (χ3n) is 11.9. The standard InChI is InChI=1S/C56H104NO8P/c1-3-5-7-9-11-13-15-17-18-19-20-21-22-23-24-25-26-27-28-29-30-31-32-33-34-35-36-37-39-41-43-45-47-49-56(59)65-54(53-64-66(60,61)63-51-50-57)52-62-55(58)48-46-44-42-40-38-16-14-12-10-8-6-4-2/h12,14-15,17,19-20,22-23,54H,3-11,13,16,18,21,24-53,57H2,1-2H3,(H,60,61)/b14-12-,17-15-,20-19-,23-22-. The molecule has 0 radical (unpaired) electrons. The van der Waals surface area contributed by atoms with Crippen molar-refractivity contribution in [3.63, 3.8) is 0 Å². The van der Waals surface area contributed by atoms with Crippen molar-refractivity contribution in [1.29, 1.82) is 0 Å². The number of esters is 2. The molecule has 0 spiro atoms. The number of phosphoric ester groups is 1. The monoisotopic (exact) mass is 950 g/mol. The second-order valence-corrected chi connectivity index (χ2v) is 19.9. The molecule has 0 aromatic carbocycles. The molecule has 2 unspecified atom stereocenters. The smallest absolute Gasteiger partial charge is 0.462 e. The summed E-state index contributed by atoms with van der Waals surface area (Å²) in [5.74, 6) is -0.831. The van der Waals surface area contributed by atoms with E-state index in [2.05, 4.69) is 62.5 Å². The minimum absolute atomic E-state index is 0.0527. The molecule has 0 saturated carbocycles. The van der Waals surface area contributed by atoms with E-state index in [9.17, 15) is 19.0 Å². The Morgan fingerprint density at radius 3 is 1.21 bits per heavy atom. The second-order valence-electron chi connectivity index (χ2n) is 18.4. The summed E-state index contributed by atoms with van der Waals surface area (Å²) in [5, 5.41) is 0. The lowest BCUT2D eigenvalue weighted by Crippen LogP contribution is -2.29. The minimum Gasteiger partial charge on any atom is -0.462 e. The number of hydrogen-bond donors (Lipinski definition) is 2. The van der Waals surface area contributed by atoms with E-state index >= 15 is 0 Å². The number of unbranched alkanes of at least 4 members (excludes halogenated alkanes) is 31. The summed E-state index contributed by atoms with van der Waals surface area (Å²) in [6, 6.07) is 0. The van der Waals surface area contributed by atoms with Gasteiger partial charge in [-0.25, -0.2) is 4.57 Å². The summed E-state index contributed by atoms with van der Waals surface area (Å²) >= 11 is 0. The molecule has 3 N–H and O–H groups in total. The van der Waals surface area contributed by atoms with Gasteiger partial charge in [-0.1, -0.05) is 223 Å². The van der Waals surface area contributed by atoms with Gasteiger partial charge in [0.05, 0.1) is 13.2 Å². The Morgan fingerprint density at radius 1 is 0.455 bits per heavy atom. The molecule has 0 amide bonds. The third kappa shape index (κ3) is 51.4. The van der Waals surface area contributed by atoms with Crippen molar-refractivity contribution in [2.75, 3.05) is 26.4 Å². The molecule has 0 bridgehead atoms. The van der Waals surface area contributed by atoms with Crippen molar-refractivity contribution in [1.82, 2.24) is 0 Å². The van der Waals surface area contributed by atoms with E-state index in [1.165, 1.54) is 167 Å². The highest BCUT2D eigenvalue weighted by atomic mass is 31.2. The van der Waals surface area contributed by atoms with Crippen molar-refractivity contribution in [2.45, 2.75) is 270 Å². The van der Waals surface area contributed by atoms with Crippen molar-refractivity contribution >= 4 is 19.8 Å². The zero-order valence-electron chi connectivity index (χ0n) is 42.9. The van der Waals surface area contributed by atoms with E-state index in [1.807, 2.05) is 0 Å². The van der Waals surface area contributed by atoms with Gasteiger partial charge in [-0.2, -0.15) is 0 Å². The molecule has 0 rings (SSSR count). The number of nitrogens with two attached hydrogens (primary N) is 1. The van der Waals surface area contributed by atoms with Crippen LogP contribution in [0, 0.1) is 0 Å². The predicted molar refractivity (Wildman–Crippen MR) is 280 cm³/mol. The van der Waals surface area contributed by atoms with Crippen LogP contribution < -0.4 is 5.73 Å². The summed E-state index contributed by atoms with van der Waals surface area (Å²) in [6.07, 6.45) is 63.2. The first kappa shape index (κ1) is 64.0. The van der Waals surface area contributed by atoms with Crippen LogP contribution in [0.5, 0.6) is 0 Å². The maximum absolute atomic E-state index is 12.7. The third-order valence-corrected chi connectivity index (χ3v) is 12.9. The highest BCUT2D eigenvalue weighted by molar-refractivity contribution is 7.47. The lowest BCUT2D eigenvalue weighted by Gasteiger charge is -2.19. The maximum Gasteiger partial charge on any atom is 0.472 e. The lowest BCUT2D eigenvalue weighted by atomic mass is 10.0. The first-order valence-corrected chi connectivity index (χ1v) is 29.1. The summed E-state index contributed by atoms with van der Waals surface area (Å²) in [6.45, 7) is 3.71. The number of allylic oxidation sites excluding steroid dienone is 8. The van der Waals surface area contributed by atoms with Crippen LogP contribution in [0.1, 0.15) is 264 Å². The molecule has 0 aliphatic carbocycles. The molecule has 9 nitrogen and oxygen atoms in total. The van der Waals surface area contributed by atoms with E-state index in [0.717, 1.165) is 64.2 Å². The Hall–Kier alpha value is -2.03. The molecule has 0 fully saturated rings. The fraction of sp³-hybridized carbons (Fsp3) is 0.821. The van der Waals surface area contributed by atoms with E-state index in [1.54, 1.807) is 0 Å². The fourth-order valence-corrected chi connectivity index (χ4v) is 8.58. The Morgan fingerprint density at radius 2 is 0.788 bits per heavy atom. The topological polar surface area (TPSA) is 134 Å². The van der Waals surface area contributed by atoms with E-state index in [-0.39, 0.29) is 38.6 Å². The van der Waals surface area contributed by atoms with Crippen molar-refractivity contribution < 1.29 is 37.6 Å². The molecule has 0 aliphatic rings. The van der Waals surface area contributed by atoms with E-state index in [0.29, 0.717) is 6.42 Å². The van der Waals surface area contributed by atoms with Gasteiger partial charge < -0.3 is 20.1 Å². The largest absolute Gasteiger partial charge is 0.472 e. The van der Waals surface area contributed by atoms with Gasteiger partial charge in [-0.3, -0.25) is 18.6 Å². The predicted octanol–water partition coefficient (Wildman–Crippen LogP) is 17.0. The summed E-state index contributed by atoms with van der Waals surface area (Å²) in [4.78, 5) is 35.0. The zero-order chi connectivity index (χ0) is 48.1. The quantitative estimate of drug-likeness (QED) is 0.0264. The minimum atomic E-state index is -4.38. The number of ether oxygens (including phenoxy) is 2. The molecule has 0 aliphatic heterocycles. The number of carbonyl (C=O) groups is 2. The van der Waals surface area contributed by atoms with Crippen LogP contribution >= 0.6 is 7.82 Å². The van der Waals surface area contributed by atoms with Gasteiger partial charge in [-0.15, -0.1) is 0 Å². The Balaban J connectivity index is 3.85. The summed E-state index contributed by atoms with van der Waals surface area (Å²) < 4.78 is 32.9. The van der Waals surface area contributed by atoms with Crippen molar-refractivity contribution in [2.24, 2.45) is 5.73 Å². The SMILES string of the molecule is CCCCC/C=C\CCCCCCCC(=O)OCC(COP(=O)(O)OCCN)OC(=O)CCCCCCCCCCCCCCCCCCCC/C=C\C/C=C\C/C=C\CCCCCCC. The summed E-state index contributed by atoms with van der Waals surface area (Å²) in [7, 11) is -4.38. The van der Waals surface area contributed by atoms with Gasteiger partial charge >= 0.3 is 19.8 Å². The van der Waals surface area contributed by atoms with E-state index < -0.39 is 26.5 Å². The molecule has 2 atom stereocenters. The molecular formula is C56H104NO8P. The van der Waals surface area contributed by atoms with Crippen LogP contribution in [0.25, 0.3) is 0 Å². The fourth-order valence-electron chi connectivity index (χ4n) is 7.81. The molecule has 0 aromatic rings. The number of hydrogen-bond acceptors (Lipinski definition) is 8. The van der Waals surface area contributed by atoms with Crippen LogP contribution in [-0.2, 0) is 32.7 Å². The van der Waals surface area contributed by atoms with Gasteiger partial charge in [0.1, 0.15) is 6.61 Å². The number of phosphoric acid groups is 1. The van der Waals surface area contributed by atoms with Crippen LogP contribution in [0.3, 0.4) is 0 Å². The summed E-state index contributed by atoms with van der Waals surface area (Å²) in [5.41, 5.74) is 5.36. The average molecular weight is 950 g/mol. The molecular weight excluding hydrogens is 846 g/mol. The highest BCUT2D eigenvalue weighted by Gasteiger charge is 2.26. The first-order valence-electron chi connectivity index (χ1n) is 27.6. The van der Waals surface area contributed by atoms with Crippen LogP contribution in [-0.4, -0.2) is 49.3 Å². The van der Waals surface area contributed by atoms with Crippen LogP contribution in [0.2, 0.25) is 0 Å². The van der Waals surface area contributed by atoms with Gasteiger partial charge in [0.25, 0.3) is 0 Å². The lowest BCUT2D eigenvalue weighted by molar-refractivity contribution is -0.161. The Labute approximate surface area is 407 Å². The zero-order valence-corrected chi connectivity index (χ0v) is 43.8. The number of rotatable bonds is 52. The normalized spacial score (nSPS) is 13.5. The molecule has 0 aromatic heterocycles. The molecule has 0 heterocycles. The van der Waals surface area contributed by atoms with Gasteiger partial charge in [0.15, 0.2) is 6.10 Å². The highest BCUT2D eigenvalue weighted by Crippen LogP contribution is 2.43. The average Bonchev–Trinajstić information content (AvgIpc) is 3.31. The Bertz CT molecular complexity index is 1220. The van der Waals surface area contributed by atoms with Gasteiger partial charge in [0, 0.05) is 19.4 Å². The molecule has 10 heteroatoms. The van der Waals surface area contributed by atoms with Crippen molar-refractivity contribution in [3.05, 3.63) is 48.6 Å². The second kappa shape index (κ2) is 52.3. The molecule has 386 valence electrons. The van der Waals surface area contributed by atoms with Gasteiger partial charge in [0.2, 0.25) is 0 Å². The van der Waals surface area contributed by atoms with Crippen molar-refractivity contribution in [3.8, 4) is 0 Å². The molecule has 66 heavy (non-hydrogen) atoms. The molecule has 0 saturated heterocycles. The van der Waals surface area contributed by atoms with E-state index in [4.69, 9.17) is 24.3 Å². The first-order chi connectivity index (χ1) is 32.3. The van der Waals surface area contributed by atoms with Crippen LogP contribution in [0.4, 0.5) is 0 Å². The number of carbonyl (C=O) groups excluding carboxylic acids is 2. The Kier molecular flexibility index (Phi) is 50.7. The van der Waals surface area contributed by atoms with Gasteiger partial charge in [-0.05, 0) is 77.0 Å².